The van der Waals surface area contributed by atoms with Crippen LogP contribution in [-0.2, 0) is 26.2 Å². The second-order valence-electron chi connectivity index (χ2n) is 9.74. The maximum Gasteiger partial charge on any atom is 0.243 e. The van der Waals surface area contributed by atoms with Crippen LogP contribution >= 0.6 is 11.6 Å². The molecule has 0 aliphatic carbocycles. The van der Waals surface area contributed by atoms with Crippen LogP contribution < -0.4 is 5.32 Å². The first-order valence-electron chi connectivity index (χ1n) is 12.6. The van der Waals surface area contributed by atoms with Gasteiger partial charge in [-0.3, -0.25) is 9.59 Å². The first kappa shape index (κ1) is 27.8. The second-order valence-corrected chi connectivity index (χ2v) is 12.1. The maximum absolute atomic E-state index is 13.6. The molecule has 7 nitrogen and oxygen atoms in total. The molecule has 0 aromatic heterocycles. The molecule has 1 aliphatic heterocycles. The number of sulfonamides is 1. The fourth-order valence-corrected chi connectivity index (χ4v) is 6.17. The summed E-state index contributed by atoms with van der Waals surface area (Å²) in [5, 5.41) is 3.54. The molecule has 3 aromatic rings. The standard InChI is InChI=1S/C29H32ClN3O4S/c1-20(2)23-10-14-27(15-11-23)38(36,37)33-17-16-32(21(3)34)19-28(33)29(35)31-18-22-4-6-24(7-5-22)25-8-12-26(30)13-9-25/h4-15,20,28H,16-19H2,1-3H3,(H,31,35). The van der Waals surface area contributed by atoms with Gasteiger partial charge in [0.25, 0.3) is 0 Å². The van der Waals surface area contributed by atoms with Gasteiger partial charge in [0, 0.05) is 38.1 Å². The highest BCUT2D eigenvalue weighted by Gasteiger charge is 2.40. The molecular weight excluding hydrogens is 522 g/mol. The first-order chi connectivity index (χ1) is 18.1. The lowest BCUT2D eigenvalue weighted by Gasteiger charge is -2.39. The van der Waals surface area contributed by atoms with Crippen LogP contribution in [0.2, 0.25) is 5.02 Å². The fourth-order valence-electron chi connectivity index (χ4n) is 4.48. The van der Waals surface area contributed by atoms with Crippen molar-refractivity contribution in [2.45, 2.75) is 44.2 Å². The van der Waals surface area contributed by atoms with E-state index in [1.807, 2.05) is 62.4 Å². The summed E-state index contributed by atoms with van der Waals surface area (Å²) in [5.41, 5.74) is 3.94. The summed E-state index contributed by atoms with van der Waals surface area (Å²) < 4.78 is 28.3. The van der Waals surface area contributed by atoms with Crippen LogP contribution in [0.5, 0.6) is 0 Å². The molecule has 0 bridgehead atoms. The van der Waals surface area contributed by atoms with Gasteiger partial charge in [-0.25, -0.2) is 8.42 Å². The fraction of sp³-hybridized carbons (Fsp3) is 0.310. The summed E-state index contributed by atoms with van der Waals surface area (Å²) >= 11 is 5.97. The second kappa shape index (κ2) is 11.7. The summed E-state index contributed by atoms with van der Waals surface area (Å²) in [4.78, 5) is 27.0. The Kier molecular flexibility index (Phi) is 8.55. The predicted molar refractivity (Wildman–Crippen MR) is 149 cm³/mol. The van der Waals surface area contributed by atoms with Crippen LogP contribution in [0.25, 0.3) is 11.1 Å². The third kappa shape index (κ3) is 6.26. The average molecular weight is 554 g/mol. The molecule has 1 saturated heterocycles. The molecule has 0 radical (unpaired) electrons. The molecule has 9 heteroatoms. The number of rotatable bonds is 7. The van der Waals surface area contributed by atoms with Crippen molar-refractivity contribution in [2.75, 3.05) is 19.6 Å². The average Bonchev–Trinajstić information content (AvgIpc) is 2.92. The largest absolute Gasteiger partial charge is 0.351 e. The Bertz CT molecular complexity index is 1390. The SMILES string of the molecule is CC(=O)N1CCN(S(=O)(=O)c2ccc(C(C)C)cc2)C(C(=O)NCc2ccc(-c3ccc(Cl)cc3)cc2)C1. The van der Waals surface area contributed by atoms with Gasteiger partial charge >= 0.3 is 0 Å². The Morgan fingerprint density at radius 3 is 2.05 bits per heavy atom. The number of hydrogen-bond acceptors (Lipinski definition) is 4. The third-order valence-electron chi connectivity index (χ3n) is 6.83. The molecule has 38 heavy (non-hydrogen) atoms. The van der Waals surface area contributed by atoms with E-state index in [-0.39, 0.29) is 42.9 Å². The lowest BCUT2D eigenvalue weighted by atomic mass is 10.0. The molecular formula is C29H32ClN3O4S. The summed E-state index contributed by atoms with van der Waals surface area (Å²) in [6.07, 6.45) is 0. The number of nitrogens with one attached hydrogen (secondary N) is 1. The highest BCUT2D eigenvalue weighted by molar-refractivity contribution is 7.89. The maximum atomic E-state index is 13.6. The molecule has 1 unspecified atom stereocenters. The number of piperazine rings is 1. The molecule has 0 saturated carbocycles. The van der Waals surface area contributed by atoms with E-state index in [0.29, 0.717) is 5.02 Å². The zero-order valence-corrected chi connectivity index (χ0v) is 23.3. The van der Waals surface area contributed by atoms with E-state index in [4.69, 9.17) is 11.6 Å². The molecule has 2 amide bonds. The number of hydrogen-bond donors (Lipinski definition) is 1. The molecule has 1 atom stereocenters. The Hall–Kier alpha value is -3.20. The Balaban J connectivity index is 1.50. The van der Waals surface area contributed by atoms with Crippen molar-refractivity contribution < 1.29 is 18.0 Å². The Labute approximate surface area is 229 Å². The predicted octanol–water partition coefficient (Wildman–Crippen LogP) is 4.67. The topological polar surface area (TPSA) is 86.8 Å². The minimum absolute atomic E-state index is 0.0000209. The molecule has 1 aliphatic rings. The number of carbonyl (C=O) groups excluding carboxylic acids is 2. The van der Waals surface area contributed by atoms with Crippen molar-refractivity contribution >= 4 is 33.4 Å². The van der Waals surface area contributed by atoms with Gasteiger partial charge in [0.1, 0.15) is 6.04 Å². The lowest BCUT2D eigenvalue weighted by molar-refractivity contribution is -0.134. The summed E-state index contributed by atoms with van der Waals surface area (Å²) in [7, 11) is -3.94. The van der Waals surface area contributed by atoms with E-state index in [1.54, 1.807) is 24.3 Å². The summed E-state index contributed by atoms with van der Waals surface area (Å²) in [5.74, 6) is -0.372. The van der Waals surface area contributed by atoms with Crippen LogP contribution in [0, 0.1) is 0 Å². The number of nitrogens with zero attached hydrogens (tertiary/aromatic N) is 2. The summed E-state index contributed by atoms with van der Waals surface area (Å²) in [6.45, 7) is 6.00. The van der Waals surface area contributed by atoms with Gasteiger partial charge in [0.05, 0.1) is 4.90 Å². The highest BCUT2D eigenvalue weighted by Crippen LogP contribution is 2.25. The van der Waals surface area contributed by atoms with E-state index in [2.05, 4.69) is 5.32 Å². The zero-order chi connectivity index (χ0) is 27.4. The van der Waals surface area contributed by atoms with Gasteiger partial charge in [-0.2, -0.15) is 4.31 Å². The number of carbonyl (C=O) groups is 2. The van der Waals surface area contributed by atoms with Crippen molar-refractivity contribution in [2.24, 2.45) is 0 Å². The van der Waals surface area contributed by atoms with Crippen LogP contribution in [0.1, 0.15) is 37.8 Å². The van der Waals surface area contributed by atoms with E-state index in [0.717, 1.165) is 22.3 Å². The Morgan fingerprint density at radius 2 is 1.50 bits per heavy atom. The molecule has 0 spiro atoms. The molecule has 1 N–H and O–H groups in total. The van der Waals surface area contributed by atoms with E-state index >= 15 is 0 Å². The Morgan fingerprint density at radius 1 is 0.921 bits per heavy atom. The van der Waals surface area contributed by atoms with Gasteiger partial charge in [-0.15, -0.1) is 0 Å². The van der Waals surface area contributed by atoms with Gasteiger partial charge in [0.15, 0.2) is 0 Å². The summed E-state index contributed by atoms with van der Waals surface area (Å²) in [6, 6.07) is 21.0. The van der Waals surface area contributed by atoms with Gasteiger partial charge in [-0.05, 0) is 52.4 Å². The minimum atomic E-state index is -3.94. The first-order valence-corrected chi connectivity index (χ1v) is 14.4. The van der Waals surface area contributed by atoms with Crippen molar-refractivity contribution in [3.05, 3.63) is 88.9 Å². The monoisotopic (exact) mass is 553 g/mol. The van der Waals surface area contributed by atoms with Crippen LogP contribution in [0.3, 0.4) is 0 Å². The third-order valence-corrected chi connectivity index (χ3v) is 9.01. The van der Waals surface area contributed by atoms with E-state index in [1.165, 1.54) is 16.1 Å². The normalized spacial score (nSPS) is 16.4. The quantitative estimate of drug-likeness (QED) is 0.461. The highest BCUT2D eigenvalue weighted by atomic mass is 35.5. The van der Waals surface area contributed by atoms with Crippen molar-refractivity contribution in [3.63, 3.8) is 0 Å². The smallest absolute Gasteiger partial charge is 0.243 e. The zero-order valence-electron chi connectivity index (χ0n) is 21.7. The van der Waals surface area contributed by atoms with Gasteiger partial charge in [-0.1, -0.05) is 74.0 Å². The molecule has 1 heterocycles. The van der Waals surface area contributed by atoms with Crippen LogP contribution in [0.4, 0.5) is 0 Å². The molecule has 3 aromatic carbocycles. The van der Waals surface area contributed by atoms with Crippen molar-refractivity contribution in [3.8, 4) is 11.1 Å². The van der Waals surface area contributed by atoms with Crippen LogP contribution in [0.15, 0.2) is 77.7 Å². The van der Waals surface area contributed by atoms with Crippen molar-refractivity contribution in [1.82, 2.24) is 14.5 Å². The number of benzene rings is 3. The van der Waals surface area contributed by atoms with Crippen LogP contribution in [-0.4, -0.2) is 55.1 Å². The van der Waals surface area contributed by atoms with E-state index in [9.17, 15) is 18.0 Å². The molecule has 4 rings (SSSR count). The van der Waals surface area contributed by atoms with Gasteiger partial charge in [0.2, 0.25) is 21.8 Å². The minimum Gasteiger partial charge on any atom is -0.351 e. The number of amides is 2. The van der Waals surface area contributed by atoms with Gasteiger partial charge < -0.3 is 10.2 Å². The molecule has 200 valence electrons. The van der Waals surface area contributed by atoms with E-state index < -0.39 is 22.0 Å². The lowest BCUT2D eigenvalue weighted by Crippen LogP contribution is -2.61. The molecule has 1 fully saturated rings. The number of halogens is 1. The van der Waals surface area contributed by atoms with Crippen molar-refractivity contribution in [1.29, 1.82) is 0 Å².